The van der Waals surface area contributed by atoms with E-state index in [1.165, 1.54) is 18.2 Å². The second-order valence-electron chi connectivity index (χ2n) is 5.63. The fourth-order valence-corrected chi connectivity index (χ4v) is 2.30. The molecule has 0 fully saturated rings. The zero-order chi connectivity index (χ0) is 19.9. The summed E-state index contributed by atoms with van der Waals surface area (Å²) in [5, 5.41) is 5.15. The van der Waals surface area contributed by atoms with E-state index in [1.54, 1.807) is 25.1 Å². The predicted octanol–water partition coefficient (Wildman–Crippen LogP) is 4.25. The summed E-state index contributed by atoms with van der Waals surface area (Å²) in [5.74, 6) is -0.449. The molecule has 2 aromatic carbocycles. The van der Waals surface area contributed by atoms with Gasteiger partial charge in [-0.1, -0.05) is 18.2 Å². The van der Waals surface area contributed by atoms with Crippen LogP contribution in [-0.2, 0) is 17.3 Å². The molecule has 2 rings (SSSR count). The van der Waals surface area contributed by atoms with E-state index in [4.69, 9.17) is 4.74 Å². The normalized spacial score (nSPS) is 11.0. The topological polar surface area (TPSA) is 67.4 Å². The van der Waals surface area contributed by atoms with Crippen LogP contribution in [0, 0.1) is 0 Å². The van der Waals surface area contributed by atoms with Crippen LogP contribution in [0.15, 0.2) is 48.5 Å². The number of hydrogen-bond acceptors (Lipinski definition) is 3. The predicted molar refractivity (Wildman–Crippen MR) is 94.6 cm³/mol. The van der Waals surface area contributed by atoms with Gasteiger partial charge in [0.05, 0.1) is 17.7 Å². The Morgan fingerprint density at radius 1 is 1.07 bits per heavy atom. The van der Waals surface area contributed by atoms with Gasteiger partial charge in [-0.15, -0.1) is 0 Å². The van der Waals surface area contributed by atoms with Crippen LogP contribution in [0.3, 0.4) is 0 Å². The summed E-state index contributed by atoms with van der Waals surface area (Å²) in [6.07, 6.45) is -4.13. The Balaban J connectivity index is 1.82. The summed E-state index contributed by atoms with van der Waals surface area (Å²) >= 11 is 0. The number of urea groups is 1. The number of hydrogen-bond donors (Lipinski definition) is 2. The van der Waals surface area contributed by atoms with E-state index in [0.717, 1.165) is 12.1 Å². The van der Waals surface area contributed by atoms with Crippen LogP contribution in [0.1, 0.15) is 28.4 Å². The molecule has 0 bridgehead atoms. The quantitative estimate of drug-likeness (QED) is 0.737. The number of anilines is 1. The molecular weight excluding hydrogens is 361 g/mol. The summed E-state index contributed by atoms with van der Waals surface area (Å²) in [5.41, 5.74) is 0.599. The van der Waals surface area contributed by atoms with Crippen LogP contribution < -0.4 is 10.6 Å². The highest BCUT2D eigenvalue weighted by atomic mass is 19.4. The van der Waals surface area contributed by atoms with E-state index >= 15 is 0 Å². The molecule has 0 heterocycles. The summed E-state index contributed by atoms with van der Waals surface area (Å²) in [6.45, 7) is 2.15. The van der Waals surface area contributed by atoms with Crippen LogP contribution in [0.25, 0.3) is 0 Å². The number of nitrogens with one attached hydrogen (secondary N) is 2. The van der Waals surface area contributed by atoms with Crippen molar-refractivity contribution in [2.24, 2.45) is 0 Å². The molecule has 2 amide bonds. The SMILES string of the molecule is CCOC(=O)c1ccc(NC(=O)NCCc2cccc(C(F)(F)F)c2)cc1. The molecule has 0 unspecified atom stereocenters. The third-order valence-electron chi connectivity index (χ3n) is 3.61. The molecule has 0 atom stereocenters. The van der Waals surface area contributed by atoms with E-state index in [9.17, 15) is 22.8 Å². The molecule has 2 aromatic rings. The Hall–Kier alpha value is -3.03. The summed E-state index contributed by atoms with van der Waals surface area (Å²) in [6, 6.07) is 10.6. The number of halogens is 3. The summed E-state index contributed by atoms with van der Waals surface area (Å²) in [4.78, 5) is 23.4. The molecule has 2 N–H and O–H groups in total. The maximum Gasteiger partial charge on any atom is 0.416 e. The number of carbonyl (C=O) groups excluding carboxylic acids is 2. The number of alkyl halides is 3. The lowest BCUT2D eigenvalue weighted by Gasteiger charge is -2.10. The number of amides is 2. The van der Waals surface area contributed by atoms with Crippen molar-refractivity contribution in [3.05, 3.63) is 65.2 Å². The van der Waals surface area contributed by atoms with Crippen molar-refractivity contribution in [1.29, 1.82) is 0 Å². The van der Waals surface area contributed by atoms with E-state index in [2.05, 4.69) is 10.6 Å². The summed E-state index contributed by atoms with van der Waals surface area (Å²) in [7, 11) is 0. The highest BCUT2D eigenvalue weighted by Gasteiger charge is 2.30. The van der Waals surface area contributed by atoms with Crippen molar-refractivity contribution in [2.75, 3.05) is 18.5 Å². The third-order valence-corrected chi connectivity index (χ3v) is 3.61. The van der Waals surface area contributed by atoms with Crippen LogP contribution in [0.5, 0.6) is 0 Å². The summed E-state index contributed by atoms with van der Waals surface area (Å²) < 4.78 is 42.9. The average molecular weight is 380 g/mol. The highest BCUT2D eigenvalue weighted by Crippen LogP contribution is 2.29. The molecule has 27 heavy (non-hydrogen) atoms. The lowest BCUT2D eigenvalue weighted by atomic mass is 10.1. The fourth-order valence-electron chi connectivity index (χ4n) is 2.30. The van der Waals surface area contributed by atoms with Gasteiger partial charge in [-0.3, -0.25) is 0 Å². The second kappa shape index (κ2) is 9.07. The van der Waals surface area contributed by atoms with E-state index < -0.39 is 23.7 Å². The number of benzene rings is 2. The third kappa shape index (κ3) is 6.32. The Morgan fingerprint density at radius 2 is 1.78 bits per heavy atom. The monoisotopic (exact) mass is 380 g/mol. The molecular formula is C19H19F3N2O3. The molecule has 0 aliphatic heterocycles. The highest BCUT2D eigenvalue weighted by molar-refractivity contribution is 5.92. The lowest BCUT2D eigenvalue weighted by molar-refractivity contribution is -0.137. The first-order valence-corrected chi connectivity index (χ1v) is 8.27. The maximum atomic E-state index is 12.7. The van der Waals surface area contributed by atoms with Crippen LogP contribution >= 0.6 is 0 Å². The zero-order valence-corrected chi connectivity index (χ0v) is 14.6. The van der Waals surface area contributed by atoms with Gasteiger partial charge in [-0.25, -0.2) is 9.59 Å². The maximum absolute atomic E-state index is 12.7. The van der Waals surface area contributed by atoms with Gasteiger partial charge in [0.15, 0.2) is 0 Å². The van der Waals surface area contributed by atoms with Gasteiger partial charge in [-0.2, -0.15) is 13.2 Å². The van der Waals surface area contributed by atoms with Gasteiger partial charge in [0, 0.05) is 12.2 Å². The van der Waals surface area contributed by atoms with Gasteiger partial charge in [-0.05, 0) is 49.2 Å². The van der Waals surface area contributed by atoms with Crippen molar-refractivity contribution in [2.45, 2.75) is 19.5 Å². The number of rotatable bonds is 6. The first-order chi connectivity index (χ1) is 12.8. The molecule has 0 aliphatic carbocycles. The largest absolute Gasteiger partial charge is 0.462 e. The molecule has 0 aromatic heterocycles. The second-order valence-corrected chi connectivity index (χ2v) is 5.63. The first kappa shape index (κ1) is 20.3. The zero-order valence-electron chi connectivity index (χ0n) is 14.6. The van der Waals surface area contributed by atoms with Crippen molar-refractivity contribution in [3.63, 3.8) is 0 Å². The van der Waals surface area contributed by atoms with Crippen molar-refractivity contribution >= 4 is 17.7 Å². The molecule has 5 nitrogen and oxygen atoms in total. The van der Waals surface area contributed by atoms with Gasteiger partial charge in [0.2, 0.25) is 0 Å². The Labute approximate surface area is 154 Å². The van der Waals surface area contributed by atoms with Crippen LogP contribution in [-0.4, -0.2) is 25.2 Å². The molecule has 8 heteroatoms. The number of esters is 1. The molecule has 0 saturated carbocycles. The van der Waals surface area contributed by atoms with Gasteiger partial charge in [0.1, 0.15) is 0 Å². The van der Waals surface area contributed by atoms with Crippen molar-refractivity contribution in [1.82, 2.24) is 5.32 Å². The average Bonchev–Trinajstić information content (AvgIpc) is 2.62. The molecule has 0 aliphatic rings. The molecule has 0 radical (unpaired) electrons. The minimum Gasteiger partial charge on any atom is -0.462 e. The lowest BCUT2D eigenvalue weighted by Crippen LogP contribution is -2.30. The first-order valence-electron chi connectivity index (χ1n) is 8.27. The van der Waals surface area contributed by atoms with Crippen LogP contribution in [0.4, 0.5) is 23.7 Å². The Kier molecular flexibility index (Phi) is 6.81. The minimum absolute atomic E-state index is 0.175. The minimum atomic E-state index is -4.39. The fraction of sp³-hybridized carbons (Fsp3) is 0.263. The molecule has 0 spiro atoms. The van der Waals surface area contributed by atoms with Gasteiger partial charge < -0.3 is 15.4 Å². The Bertz CT molecular complexity index is 790. The number of carbonyl (C=O) groups is 2. The van der Waals surface area contributed by atoms with Crippen LogP contribution in [0.2, 0.25) is 0 Å². The number of ether oxygens (including phenoxy) is 1. The Morgan fingerprint density at radius 3 is 2.41 bits per heavy atom. The molecule has 0 saturated heterocycles. The smallest absolute Gasteiger partial charge is 0.416 e. The van der Waals surface area contributed by atoms with Crippen molar-refractivity contribution in [3.8, 4) is 0 Å². The standard InChI is InChI=1S/C19H19F3N2O3/c1-2-27-17(25)14-6-8-16(9-7-14)24-18(26)23-11-10-13-4-3-5-15(12-13)19(20,21)22/h3-9,12H,2,10-11H2,1H3,(H2,23,24,26). The van der Waals surface area contributed by atoms with Gasteiger partial charge >= 0.3 is 18.2 Å². The van der Waals surface area contributed by atoms with Crippen molar-refractivity contribution < 1.29 is 27.5 Å². The van der Waals surface area contributed by atoms with E-state index in [1.807, 2.05) is 0 Å². The van der Waals surface area contributed by atoms with Gasteiger partial charge in [0.25, 0.3) is 0 Å². The van der Waals surface area contributed by atoms with E-state index in [0.29, 0.717) is 16.8 Å². The van der Waals surface area contributed by atoms with E-state index in [-0.39, 0.29) is 19.6 Å². The molecule has 144 valence electrons.